The van der Waals surface area contributed by atoms with Gasteiger partial charge in [-0.1, -0.05) is 35.3 Å². The van der Waals surface area contributed by atoms with Gasteiger partial charge in [-0.3, -0.25) is 9.59 Å². The van der Waals surface area contributed by atoms with Crippen LogP contribution in [0.15, 0.2) is 42.5 Å². The zero-order valence-corrected chi connectivity index (χ0v) is 20.1. The Hall–Kier alpha value is -2.45. The van der Waals surface area contributed by atoms with Gasteiger partial charge < -0.3 is 10.2 Å². The van der Waals surface area contributed by atoms with Crippen molar-refractivity contribution in [2.24, 2.45) is 0 Å². The molecule has 3 heterocycles. The molecule has 1 aliphatic rings. The minimum atomic E-state index is -0.293. The molecule has 0 spiro atoms. The zero-order chi connectivity index (χ0) is 22.4. The molecule has 4 aromatic rings. The van der Waals surface area contributed by atoms with Crippen LogP contribution in [0.5, 0.6) is 0 Å². The highest BCUT2D eigenvalue weighted by molar-refractivity contribution is 7.23. The fourth-order valence-corrected chi connectivity index (χ4v) is 6.72. The number of para-hydroxylation sites is 1. The molecule has 2 aromatic heterocycles. The van der Waals surface area contributed by atoms with Crippen molar-refractivity contribution in [2.75, 3.05) is 11.9 Å². The van der Waals surface area contributed by atoms with Crippen LogP contribution in [0.4, 0.5) is 5.00 Å². The normalized spacial score (nSPS) is 13.3. The molecule has 9 heteroatoms. The molecule has 0 unspecified atom stereocenters. The van der Waals surface area contributed by atoms with Crippen LogP contribution in [0, 0.1) is 0 Å². The topological polar surface area (TPSA) is 62.3 Å². The van der Waals surface area contributed by atoms with E-state index in [4.69, 9.17) is 28.2 Å². The van der Waals surface area contributed by atoms with Crippen LogP contribution >= 0.6 is 45.9 Å². The molecule has 0 radical (unpaired) electrons. The SMILES string of the molecule is CC(=O)N1CCc2c(sc(NC(=O)c3cc(Cl)cc(Cl)c3)c2-c2nc3ccccc3s2)C1. The number of nitrogens with zero attached hydrogens (tertiary/aromatic N) is 2. The molecule has 0 bridgehead atoms. The Balaban J connectivity index is 1.59. The highest BCUT2D eigenvalue weighted by Gasteiger charge is 2.28. The van der Waals surface area contributed by atoms with E-state index in [9.17, 15) is 9.59 Å². The number of nitrogens with one attached hydrogen (secondary N) is 1. The number of amides is 2. The third-order valence-electron chi connectivity index (χ3n) is 5.36. The maximum absolute atomic E-state index is 13.1. The Labute approximate surface area is 202 Å². The number of hydrogen-bond donors (Lipinski definition) is 1. The highest BCUT2D eigenvalue weighted by atomic mass is 35.5. The van der Waals surface area contributed by atoms with Gasteiger partial charge in [-0.15, -0.1) is 22.7 Å². The van der Waals surface area contributed by atoms with Crippen molar-refractivity contribution in [1.29, 1.82) is 0 Å². The van der Waals surface area contributed by atoms with Crippen LogP contribution in [0.3, 0.4) is 0 Å². The summed E-state index contributed by atoms with van der Waals surface area (Å²) in [6, 6.07) is 12.7. The highest BCUT2D eigenvalue weighted by Crippen LogP contribution is 2.45. The summed E-state index contributed by atoms with van der Waals surface area (Å²) in [5, 5.41) is 5.43. The second kappa shape index (κ2) is 8.48. The molecule has 0 saturated carbocycles. The van der Waals surface area contributed by atoms with E-state index in [1.807, 2.05) is 29.2 Å². The standard InChI is InChI=1S/C23H17Cl2N3O2S2/c1-12(29)28-7-6-16-19(11-28)32-23(27-21(30)13-8-14(24)10-15(25)9-13)20(16)22-26-17-4-2-3-5-18(17)31-22/h2-5,8-10H,6-7,11H2,1H3,(H,27,30). The fraction of sp³-hybridized carbons (Fsp3) is 0.174. The number of rotatable bonds is 3. The zero-order valence-electron chi connectivity index (χ0n) is 16.9. The Bertz CT molecular complexity index is 1330. The summed E-state index contributed by atoms with van der Waals surface area (Å²) in [5.74, 6) is -0.247. The van der Waals surface area contributed by atoms with Gasteiger partial charge in [0.05, 0.1) is 16.8 Å². The summed E-state index contributed by atoms with van der Waals surface area (Å²) in [5.41, 5.74) is 3.39. The van der Waals surface area contributed by atoms with Crippen LogP contribution in [0.1, 0.15) is 27.7 Å². The number of thiazole rings is 1. The summed E-state index contributed by atoms with van der Waals surface area (Å²) in [6.07, 6.45) is 0.718. The Kier molecular flexibility index (Phi) is 5.67. The van der Waals surface area contributed by atoms with E-state index in [0.717, 1.165) is 42.7 Å². The molecule has 2 amide bonds. The van der Waals surface area contributed by atoms with Crippen molar-refractivity contribution in [3.8, 4) is 10.6 Å². The van der Waals surface area contributed by atoms with Crippen LogP contribution in [-0.2, 0) is 17.8 Å². The Morgan fingerprint density at radius 3 is 2.56 bits per heavy atom. The molecule has 5 rings (SSSR count). The van der Waals surface area contributed by atoms with Crippen LogP contribution in [-0.4, -0.2) is 28.2 Å². The monoisotopic (exact) mass is 501 g/mol. The number of fused-ring (bicyclic) bond motifs is 2. The average molecular weight is 502 g/mol. The summed E-state index contributed by atoms with van der Waals surface area (Å²) in [7, 11) is 0. The van der Waals surface area contributed by atoms with Crippen LogP contribution < -0.4 is 5.32 Å². The van der Waals surface area contributed by atoms with E-state index in [1.54, 1.807) is 36.5 Å². The average Bonchev–Trinajstić information content (AvgIpc) is 3.32. The van der Waals surface area contributed by atoms with Crippen molar-refractivity contribution in [3.05, 3.63) is 68.5 Å². The van der Waals surface area contributed by atoms with Gasteiger partial charge in [0.2, 0.25) is 5.91 Å². The second-order valence-corrected chi connectivity index (χ2v) is 10.5. The molecule has 0 saturated heterocycles. The van der Waals surface area contributed by atoms with Crippen molar-refractivity contribution < 1.29 is 9.59 Å². The van der Waals surface area contributed by atoms with Crippen LogP contribution in [0.2, 0.25) is 10.0 Å². The van der Waals surface area contributed by atoms with E-state index in [1.165, 1.54) is 11.3 Å². The number of aromatic nitrogens is 1. The lowest BCUT2D eigenvalue weighted by Gasteiger charge is -2.26. The minimum absolute atomic E-state index is 0.0461. The molecule has 162 valence electrons. The van der Waals surface area contributed by atoms with Crippen LogP contribution in [0.25, 0.3) is 20.8 Å². The number of benzene rings is 2. The van der Waals surface area contributed by atoms with Gasteiger partial charge in [-0.05, 0) is 42.3 Å². The van der Waals surface area contributed by atoms with Gasteiger partial charge in [0.1, 0.15) is 10.0 Å². The predicted molar refractivity (Wildman–Crippen MR) is 132 cm³/mol. The Morgan fingerprint density at radius 2 is 1.84 bits per heavy atom. The molecule has 2 aromatic carbocycles. The summed E-state index contributed by atoms with van der Waals surface area (Å²) in [4.78, 5) is 32.7. The maximum Gasteiger partial charge on any atom is 0.256 e. The van der Waals surface area contributed by atoms with Crippen molar-refractivity contribution in [2.45, 2.75) is 19.9 Å². The maximum atomic E-state index is 13.1. The van der Waals surface area contributed by atoms with Gasteiger partial charge >= 0.3 is 0 Å². The first-order valence-corrected chi connectivity index (χ1v) is 12.3. The van der Waals surface area contributed by atoms with Crippen molar-refractivity contribution >= 4 is 72.9 Å². The summed E-state index contributed by atoms with van der Waals surface area (Å²) in [6.45, 7) is 2.76. The largest absolute Gasteiger partial charge is 0.337 e. The molecule has 5 nitrogen and oxygen atoms in total. The lowest BCUT2D eigenvalue weighted by molar-refractivity contribution is -0.129. The molecule has 32 heavy (non-hydrogen) atoms. The van der Waals surface area contributed by atoms with Gasteiger partial charge in [-0.25, -0.2) is 4.98 Å². The molecule has 0 fully saturated rings. The van der Waals surface area contributed by atoms with Gasteiger partial charge in [-0.2, -0.15) is 0 Å². The lowest BCUT2D eigenvalue weighted by Crippen LogP contribution is -2.33. The van der Waals surface area contributed by atoms with Gasteiger partial charge in [0.25, 0.3) is 5.91 Å². The minimum Gasteiger partial charge on any atom is -0.337 e. The molecule has 0 aliphatic carbocycles. The number of carbonyl (C=O) groups excluding carboxylic acids is 2. The van der Waals surface area contributed by atoms with Gasteiger partial charge in [0, 0.05) is 39.5 Å². The molecule has 1 N–H and O–H groups in total. The van der Waals surface area contributed by atoms with E-state index >= 15 is 0 Å². The number of halogens is 2. The quantitative estimate of drug-likeness (QED) is 0.349. The first-order chi connectivity index (χ1) is 15.4. The molecular weight excluding hydrogens is 485 g/mol. The smallest absolute Gasteiger partial charge is 0.256 e. The molecule has 1 aliphatic heterocycles. The summed E-state index contributed by atoms with van der Waals surface area (Å²) < 4.78 is 1.09. The van der Waals surface area contributed by atoms with E-state index in [2.05, 4.69) is 5.32 Å². The third kappa shape index (κ3) is 4.01. The van der Waals surface area contributed by atoms with E-state index in [0.29, 0.717) is 28.7 Å². The number of anilines is 1. The van der Waals surface area contributed by atoms with Gasteiger partial charge in [0.15, 0.2) is 0 Å². The fourth-order valence-electron chi connectivity index (χ4n) is 3.83. The van der Waals surface area contributed by atoms with E-state index in [-0.39, 0.29) is 11.8 Å². The molecular formula is C23H17Cl2N3O2S2. The van der Waals surface area contributed by atoms with Crippen molar-refractivity contribution in [3.63, 3.8) is 0 Å². The second-order valence-electron chi connectivity index (χ2n) is 7.50. The number of thiophene rings is 1. The third-order valence-corrected chi connectivity index (χ3v) is 7.98. The number of carbonyl (C=O) groups is 2. The first kappa shape index (κ1) is 21.4. The predicted octanol–water partition coefficient (Wildman–Crippen LogP) is 6.49. The number of hydrogen-bond acceptors (Lipinski definition) is 5. The summed E-state index contributed by atoms with van der Waals surface area (Å²) >= 11 is 15.3. The Morgan fingerprint density at radius 1 is 1.09 bits per heavy atom. The molecule has 0 atom stereocenters. The first-order valence-electron chi connectivity index (χ1n) is 9.92. The lowest BCUT2D eigenvalue weighted by atomic mass is 10.0. The van der Waals surface area contributed by atoms with Crippen molar-refractivity contribution in [1.82, 2.24) is 9.88 Å². The van der Waals surface area contributed by atoms with E-state index < -0.39 is 0 Å².